The summed E-state index contributed by atoms with van der Waals surface area (Å²) < 4.78 is 4.80. The molecule has 0 aromatic heterocycles. The Balaban J connectivity index is 3.02. The number of aryl methyl sites for hydroxylation is 1. The summed E-state index contributed by atoms with van der Waals surface area (Å²) in [7, 11) is 1.52. The van der Waals surface area contributed by atoms with E-state index in [-0.39, 0.29) is 12.4 Å². The Bertz CT molecular complexity index is 339. The van der Waals surface area contributed by atoms with Crippen molar-refractivity contribution >= 4 is 11.4 Å². The van der Waals surface area contributed by atoms with E-state index in [0.717, 1.165) is 5.56 Å². The molecule has 0 fully saturated rings. The topological polar surface area (TPSA) is 64.4 Å². The summed E-state index contributed by atoms with van der Waals surface area (Å²) in [5, 5.41) is 13.5. The molecule has 76 valence electrons. The zero-order chi connectivity index (χ0) is 10.6. The average molecular weight is 196 g/mol. The molecular weight excluding hydrogens is 184 g/mol. The largest absolute Gasteiger partial charge is 0.365 e. The van der Waals surface area contributed by atoms with Gasteiger partial charge in [0.15, 0.2) is 0 Å². The van der Waals surface area contributed by atoms with Crippen molar-refractivity contribution in [3.63, 3.8) is 0 Å². The molecule has 1 rings (SSSR count). The first-order chi connectivity index (χ1) is 6.66. The van der Waals surface area contributed by atoms with Crippen molar-refractivity contribution in [3.05, 3.63) is 33.9 Å². The minimum absolute atomic E-state index is 0.0713. The van der Waals surface area contributed by atoms with Crippen LogP contribution in [-0.2, 0) is 4.74 Å². The first-order valence-electron chi connectivity index (χ1n) is 4.13. The summed E-state index contributed by atoms with van der Waals surface area (Å²) in [6.07, 6.45) is 0. The molecule has 5 nitrogen and oxygen atoms in total. The maximum absolute atomic E-state index is 10.7. The number of hydrogen-bond acceptors (Lipinski definition) is 4. The predicted octanol–water partition coefficient (Wildman–Crippen LogP) is 1.92. The van der Waals surface area contributed by atoms with Crippen LogP contribution in [0.5, 0.6) is 0 Å². The standard InChI is InChI=1S/C9H12N2O3/c1-7-4-3-5-8(11(12)13)9(7)10-6-14-2/h3-5,10H,6H2,1-2H3. The third-order valence-electron chi connectivity index (χ3n) is 1.84. The minimum atomic E-state index is -0.412. The second-order valence-electron chi connectivity index (χ2n) is 2.84. The van der Waals surface area contributed by atoms with Gasteiger partial charge in [-0.25, -0.2) is 0 Å². The van der Waals surface area contributed by atoms with Gasteiger partial charge >= 0.3 is 0 Å². The molecular formula is C9H12N2O3. The molecule has 0 radical (unpaired) electrons. The van der Waals surface area contributed by atoms with Crippen molar-refractivity contribution in [1.29, 1.82) is 0 Å². The van der Waals surface area contributed by atoms with E-state index in [4.69, 9.17) is 4.74 Å². The normalized spacial score (nSPS) is 9.86. The average Bonchev–Trinajstić information content (AvgIpc) is 2.15. The van der Waals surface area contributed by atoms with E-state index in [1.165, 1.54) is 13.2 Å². The lowest BCUT2D eigenvalue weighted by Gasteiger charge is -2.08. The highest BCUT2D eigenvalue weighted by molar-refractivity contribution is 5.65. The molecule has 1 N–H and O–H groups in total. The fraction of sp³-hybridized carbons (Fsp3) is 0.333. The van der Waals surface area contributed by atoms with Crippen LogP contribution in [0.15, 0.2) is 18.2 Å². The molecule has 0 aliphatic heterocycles. The molecule has 0 saturated heterocycles. The van der Waals surface area contributed by atoms with Gasteiger partial charge in [-0.1, -0.05) is 12.1 Å². The molecule has 0 saturated carbocycles. The lowest BCUT2D eigenvalue weighted by atomic mass is 10.2. The molecule has 14 heavy (non-hydrogen) atoms. The number of hydrogen-bond donors (Lipinski definition) is 1. The van der Waals surface area contributed by atoms with Gasteiger partial charge in [0.1, 0.15) is 12.4 Å². The number of ether oxygens (including phenoxy) is 1. The van der Waals surface area contributed by atoms with E-state index >= 15 is 0 Å². The molecule has 0 aliphatic carbocycles. The Morgan fingerprint density at radius 2 is 2.29 bits per heavy atom. The molecule has 0 unspecified atom stereocenters. The van der Waals surface area contributed by atoms with E-state index in [9.17, 15) is 10.1 Å². The van der Waals surface area contributed by atoms with E-state index in [2.05, 4.69) is 5.32 Å². The minimum Gasteiger partial charge on any atom is -0.365 e. The Kier molecular flexibility index (Phi) is 3.41. The SMILES string of the molecule is COCNc1c(C)cccc1[N+](=O)[O-]. The van der Waals surface area contributed by atoms with Crippen LogP contribution in [0.2, 0.25) is 0 Å². The highest BCUT2D eigenvalue weighted by Crippen LogP contribution is 2.27. The summed E-state index contributed by atoms with van der Waals surface area (Å²) in [6, 6.07) is 4.93. The molecule has 0 heterocycles. The molecule has 0 atom stereocenters. The van der Waals surface area contributed by atoms with E-state index in [0.29, 0.717) is 5.69 Å². The fourth-order valence-electron chi connectivity index (χ4n) is 1.18. The van der Waals surface area contributed by atoms with Gasteiger partial charge < -0.3 is 10.1 Å². The molecule has 5 heteroatoms. The smallest absolute Gasteiger partial charge is 0.292 e. The number of benzene rings is 1. The maximum Gasteiger partial charge on any atom is 0.292 e. The van der Waals surface area contributed by atoms with E-state index < -0.39 is 4.92 Å². The number of nitro groups is 1. The predicted molar refractivity (Wildman–Crippen MR) is 53.3 cm³/mol. The Labute approximate surface area is 81.8 Å². The van der Waals surface area contributed by atoms with Crippen molar-refractivity contribution in [2.24, 2.45) is 0 Å². The quantitative estimate of drug-likeness (QED) is 0.454. The number of nitrogens with one attached hydrogen (secondary N) is 1. The molecule has 1 aromatic carbocycles. The second kappa shape index (κ2) is 4.57. The highest BCUT2D eigenvalue weighted by Gasteiger charge is 2.14. The number of methoxy groups -OCH3 is 1. The van der Waals surface area contributed by atoms with Crippen LogP contribution in [-0.4, -0.2) is 18.8 Å². The summed E-state index contributed by atoms with van der Waals surface area (Å²) in [4.78, 5) is 10.3. The number of nitro benzene ring substituents is 1. The fourth-order valence-corrected chi connectivity index (χ4v) is 1.18. The molecule has 0 aliphatic rings. The first-order valence-corrected chi connectivity index (χ1v) is 4.13. The van der Waals surface area contributed by atoms with Gasteiger partial charge in [-0.2, -0.15) is 0 Å². The third-order valence-corrected chi connectivity index (χ3v) is 1.84. The zero-order valence-electron chi connectivity index (χ0n) is 8.11. The zero-order valence-corrected chi connectivity index (χ0v) is 8.11. The van der Waals surface area contributed by atoms with Gasteiger partial charge in [-0.05, 0) is 12.5 Å². The van der Waals surface area contributed by atoms with Crippen molar-refractivity contribution in [1.82, 2.24) is 0 Å². The molecule has 0 amide bonds. The lowest BCUT2D eigenvalue weighted by molar-refractivity contribution is -0.384. The molecule has 0 spiro atoms. The summed E-state index contributed by atoms with van der Waals surface area (Å²) in [6.45, 7) is 2.07. The monoisotopic (exact) mass is 196 g/mol. The lowest BCUT2D eigenvalue weighted by Crippen LogP contribution is -2.06. The first kappa shape index (κ1) is 10.5. The Morgan fingerprint density at radius 3 is 2.86 bits per heavy atom. The van der Waals surface area contributed by atoms with Gasteiger partial charge in [0.2, 0.25) is 0 Å². The van der Waals surface area contributed by atoms with Crippen molar-refractivity contribution in [3.8, 4) is 0 Å². The van der Waals surface area contributed by atoms with Crippen LogP contribution in [0.1, 0.15) is 5.56 Å². The Hall–Kier alpha value is -1.62. The third kappa shape index (κ3) is 2.20. The van der Waals surface area contributed by atoms with Crippen LogP contribution >= 0.6 is 0 Å². The van der Waals surface area contributed by atoms with Gasteiger partial charge in [0.05, 0.1) is 4.92 Å². The highest BCUT2D eigenvalue weighted by atomic mass is 16.6. The van der Waals surface area contributed by atoms with Gasteiger partial charge in [-0.15, -0.1) is 0 Å². The van der Waals surface area contributed by atoms with Crippen LogP contribution < -0.4 is 5.32 Å². The van der Waals surface area contributed by atoms with E-state index in [1.807, 2.05) is 13.0 Å². The van der Waals surface area contributed by atoms with Gasteiger partial charge in [0.25, 0.3) is 5.69 Å². The molecule has 1 aromatic rings. The van der Waals surface area contributed by atoms with Crippen molar-refractivity contribution < 1.29 is 9.66 Å². The summed E-state index contributed by atoms with van der Waals surface area (Å²) >= 11 is 0. The van der Waals surface area contributed by atoms with Crippen molar-refractivity contribution in [2.45, 2.75) is 6.92 Å². The van der Waals surface area contributed by atoms with Crippen LogP contribution in [0.3, 0.4) is 0 Å². The summed E-state index contributed by atoms with van der Waals surface area (Å²) in [5.41, 5.74) is 1.41. The van der Waals surface area contributed by atoms with Gasteiger partial charge in [0, 0.05) is 13.2 Å². The number of nitrogens with zero attached hydrogens (tertiary/aromatic N) is 1. The summed E-state index contributed by atoms with van der Waals surface area (Å²) in [5.74, 6) is 0. The number of rotatable bonds is 4. The second-order valence-corrected chi connectivity index (χ2v) is 2.84. The van der Waals surface area contributed by atoms with E-state index in [1.54, 1.807) is 6.07 Å². The van der Waals surface area contributed by atoms with Gasteiger partial charge in [-0.3, -0.25) is 10.1 Å². The number of para-hydroxylation sites is 1. The van der Waals surface area contributed by atoms with Crippen LogP contribution in [0.25, 0.3) is 0 Å². The number of anilines is 1. The van der Waals surface area contributed by atoms with Crippen molar-refractivity contribution in [2.75, 3.05) is 19.2 Å². The molecule has 0 bridgehead atoms. The maximum atomic E-state index is 10.7. The Morgan fingerprint density at radius 1 is 1.57 bits per heavy atom. The van der Waals surface area contributed by atoms with Crippen LogP contribution in [0, 0.1) is 17.0 Å². The van der Waals surface area contributed by atoms with Crippen LogP contribution in [0.4, 0.5) is 11.4 Å².